The van der Waals surface area contributed by atoms with Crippen molar-refractivity contribution in [2.24, 2.45) is 0 Å². The molecule has 0 aliphatic carbocycles. The Kier molecular flexibility index (Phi) is 4.29. The maximum absolute atomic E-state index is 6.15. The van der Waals surface area contributed by atoms with Crippen LogP contribution in [0, 0.1) is 0 Å². The third-order valence-corrected chi connectivity index (χ3v) is 3.94. The lowest BCUT2D eigenvalue weighted by Crippen LogP contribution is -2.48. The number of anilines is 1. The van der Waals surface area contributed by atoms with Crippen molar-refractivity contribution in [2.45, 2.75) is 19.1 Å². The van der Waals surface area contributed by atoms with Crippen molar-refractivity contribution in [3.63, 3.8) is 0 Å². The maximum atomic E-state index is 6.15. The van der Waals surface area contributed by atoms with Gasteiger partial charge in [-0.25, -0.2) is 0 Å². The van der Waals surface area contributed by atoms with Crippen LogP contribution in [-0.2, 0) is 9.47 Å². The van der Waals surface area contributed by atoms with Gasteiger partial charge in [0, 0.05) is 42.5 Å². The number of nitrogens with zero attached hydrogens (tertiary/aromatic N) is 2. The fraction of sp³-hybridized carbons (Fsp3) is 0.438. The van der Waals surface area contributed by atoms with E-state index >= 15 is 0 Å². The summed E-state index contributed by atoms with van der Waals surface area (Å²) in [6, 6.07) is 7.85. The first-order valence-electron chi connectivity index (χ1n) is 7.11. The molecule has 2 aromatic rings. The summed E-state index contributed by atoms with van der Waals surface area (Å²) in [5.74, 6) is 0. The van der Waals surface area contributed by atoms with E-state index in [1.54, 1.807) is 7.11 Å². The van der Waals surface area contributed by atoms with Crippen molar-refractivity contribution in [3.8, 4) is 0 Å². The van der Waals surface area contributed by atoms with E-state index < -0.39 is 0 Å². The number of pyridine rings is 1. The zero-order valence-electron chi connectivity index (χ0n) is 12.3. The molecule has 0 saturated carbocycles. The van der Waals surface area contributed by atoms with E-state index in [1.165, 1.54) is 0 Å². The van der Waals surface area contributed by atoms with Crippen molar-refractivity contribution in [1.29, 1.82) is 0 Å². The first-order chi connectivity index (χ1) is 10.2. The number of fused-ring (bicyclic) bond motifs is 1. The number of morpholine rings is 1. The van der Waals surface area contributed by atoms with Crippen LogP contribution in [0.1, 0.15) is 6.92 Å². The topological polar surface area (TPSA) is 34.6 Å². The average molecular weight is 307 g/mol. The van der Waals surface area contributed by atoms with Gasteiger partial charge in [0.05, 0.1) is 24.3 Å². The van der Waals surface area contributed by atoms with Crippen LogP contribution in [0.15, 0.2) is 30.5 Å². The molecule has 1 saturated heterocycles. The second-order valence-corrected chi connectivity index (χ2v) is 5.86. The van der Waals surface area contributed by atoms with E-state index in [0.717, 1.165) is 34.7 Å². The van der Waals surface area contributed by atoms with Gasteiger partial charge in [-0.05, 0) is 31.2 Å². The molecular formula is C16H19ClN2O2. The second kappa shape index (κ2) is 6.18. The van der Waals surface area contributed by atoms with E-state index in [0.29, 0.717) is 6.61 Å². The van der Waals surface area contributed by atoms with Gasteiger partial charge in [0.2, 0.25) is 0 Å². The first-order valence-corrected chi connectivity index (χ1v) is 7.49. The highest BCUT2D eigenvalue weighted by molar-refractivity contribution is 6.31. The lowest BCUT2D eigenvalue weighted by Gasteiger charge is -2.38. The van der Waals surface area contributed by atoms with Gasteiger partial charge in [-0.1, -0.05) is 11.6 Å². The number of methoxy groups -OCH3 is 1. The number of hydrogen-bond donors (Lipinski definition) is 0. The summed E-state index contributed by atoms with van der Waals surface area (Å²) in [4.78, 5) is 6.74. The SMILES string of the molecule is COCC1CN(c2ccnc3ccc(Cl)cc23)CC(C)O1. The molecule has 0 radical (unpaired) electrons. The Bertz CT molecular complexity index is 635. The van der Waals surface area contributed by atoms with E-state index in [2.05, 4.69) is 16.8 Å². The highest BCUT2D eigenvalue weighted by Gasteiger charge is 2.26. The smallest absolute Gasteiger partial charge is 0.0987 e. The van der Waals surface area contributed by atoms with Gasteiger partial charge < -0.3 is 14.4 Å². The quantitative estimate of drug-likeness (QED) is 0.872. The molecule has 1 aliphatic heterocycles. The minimum absolute atomic E-state index is 0.0844. The van der Waals surface area contributed by atoms with Crippen LogP contribution >= 0.6 is 11.6 Å². The largest absolute Gasteiger partial charge is 0.382 e. The number of rotatable bonds is 3. The van der Waals surface area contributed by atoms with Crippen molar-refractivity contribution < 1.29 is 9.47 Å². The Hall–Kier alpha value is -1.36. The third kappa shape index (κ3) is 3.12. The van der Waals surface area contributed by atoms with Crippen LogP contribution in [0.5, 0.6) is 0 Å². The van der Waals surface area contributed by atoms with Gasteiger partial charge >= 0.3 is 0 Å². The Morgan fingerprint density at radius 2 is 2.24 bits per heavy atom. The number of benzene rings is 1. The van der Waals surface area contributed by atoms with Crippen LogP contribution in [-0.4, -0.2) is 44.0 Å². The van der Waals surface area contributed by atoms with Crippen LogP contribution in [0.4, 0.5) is 5.69 Å². The summed E-state index contributed by atoms with van der Waals surface area (Å²) in [6.45, 7) is 4.35. The highest BCUT2D eigenvalue weighted by Crippen LogP contribution is 2.29. The predicted molar refractivity (Wildman–Crippen MR) is 85.2 cm³/mol. The molecule has 1 aromatic heterocycles. The zero-order valence-corrected chi connectivity index (χ0v) is 13.0. The van der Waals surface area contributed by atoms with Crippen molar-refractivity contribution >= 4 is 28.2 Å². The molecular weight excluding hydrogens is 288 g/mol. The minimum atomic E-state index is 0.0844. The summed E-state index contributed by atoms with van der Waals surface area (Å²) >= 11 is 6.15. The molecule has 1 aliphatic rings. The Labute approximate surface area is 129 Å². The number of aromatic nitrogens is 1. The van der Waals surface area contributed by atoms with E-state index in [9.17, 15) is 0 Å². The summed E-state index contributed by atoms with van der Waals surface area (Å²) in [5.41, 5.74) is 2.11. The second-order valence-electron chi connectivity index (χ2n) is 5.42. The lowest BCUT2D eigenvalue weighted by atomic mass is 10.1. The van der Waals surface area contributed by atoms with Gasteiger partial charge in [-0.2, -0.15) is 0 Å². The predicted octanol–water partition coefficient (Wildman–Crippen LogP) is 3.13. The molecule has 2 atom stereocenters. The molecule has 0 amide bonds. The fourth-order valence-electron chi connectivity index (χ4n) is 2.90. The molecule has 0 N–H and O–H groups in total. The molecule has 0 spiro atoms. The molecule has 4 nitrogen and oxygen atoms in total. The van der Waals surface area contributed by atoms with E-state index in [4.69, 9.17) is 21.1 Å². The number of halogens is 1. The normalized spacial score (nSPS) is 22.7. The number of ether oxygens (including phenoxy) is 2. The highest BCUT2D eigenvalue weighted by atomic mass is 35.5. The summed E-state index contributed by atoms with van der Waals surface area (Å²) < 4.78 is 11.1. The molecule has 0 bridgehead atoms. The molecule has 2 unspecified atom stereocenters. The first kappa shape index (κ1) is 14.6. The zero-order chi connectivity index (χ0) is 14.8. The van der Waals surface area contributed by atoms with Gasteiger partial charge in [0.25, 0.3) is 0 Å². The Balaban J connectivity index is 1.97. The molecule has 1 fully saturated rings. The Morgan fingerprint density at radius 1 is 1.38 bits per heavy atom. The van der Waals surface area contributed by atoms with E-state index in [1.807, 2.05) is 30.5 Å². The maximum Gasteiger partial charge on any atom is 0.0987 e. The summed E-state index contributed by atoms with van der Waals surface area (Å²) in [7, 11) is 1.70. The molecule has 21 heavy (non-hydrogen) atoms. The van der Waals surface area contributed by atoms with Crippen LogP contribution in [0.25, 0.3) is 10.9 Å². The molecule has 2 heterocycles. The van der Waals surface area contributed by atoms with Gasteiger partial charge in [0.15, 0.2) is 0 Å². The monoisotopic (exact) mass is 306 g/mol. The van der Waals surface area contributed by atoms with Crippen LogP contribution in [0.3, 0.4) is 0 Å². The van der Waals surface area contributed by atoms with Gasteiger partial charge in [-0.3, -0.25) is 4.98 Å². The van der Waals surface area contributed by atoms with Crippen molar-refractivity contribution in [3.05, 3.63) is 35.5 Å². The lowest BCUT2D eigenvalue weighted by molar-refractivity contribution is -0.0510. The van der Waals surface area contributed by atoms with E-state index in [-0.39, 0.29) is 12.2 Å². The fourth-order valence-corrected chi connectivity index (χ4v) is 3.07. The average Bonchev–Trinajstić information content (AvgIpc) is 2.46. The van der Waals surface area contributed by atoms with Crippen LogP contribution < -0.4 is 4.90 Å². The summed E-state index contributed by atoms with van der Waals surface area (Å²) in [6.07, 6.45) is 2.10. The molecule has 5 heteroatoms. The number of hydrogen-bond acceptors (Lipinski definition) is 4. The van der Waals surface area contributed by atoms with Crippen molar-refractivity contribution in [2.75, 3.05) is 31.7 Å². The summed E-state index contributed by atoms with van der Waals surface area (Å²) in [5, 5.41) is 1.81. The van der Waals surface area contributed by atoms with Gasteiger partial charge in [-0.15, -0.1) is 0 Å². The molecule has 1 aromatic carbocycles. The van der Waals surface area contributed by atoms with Crippen molar-refractivity contribution in [1.82, 2.24) is 4.98 Å². The van der Waals surface area contributed by atoms with Gasteiger partial charge in [0.1, 0.15) is 0 Å². The minimum Gasteiger partial charge on any atom is -0.382 e. The third-order valence-electron chi connectivity index (χ3n) is 3.70. The Morgan fingerprint density at radius 3 is 3.05 bits per heavy atom. The standard InChI is InChI=1S/C16H19ClN2O2/c1-11-8-19(9-13(21-11)10-20-2)16-5-6-18-15-4-3-12(17)7-14(15)16/h3-7,11,13H,8-10H2,1-2H3. The molecule has 3 rings (SSSR count). The molecule has 112 valence electrons. The van der Waals surface area contributed by atoms with Crippen LogP contribution in [0.2, 0.25) is 5.02 Å².